The summed E-state index contributed by atoms with van der Waals surface area (Å²) >= 11 is 0. The van der Waals surface area contributed by atoms with Crippen molar-refractivity contribution in [1.29, 1.82) is 0 Å². The number of carboxylic acids is 1. The molecule has 1 aromatic rings. The summed E-state index contributed by atoms with van der Waals surface area (Å²) in [5.41, 5.74) is 0.400. The Labute approximate surface area is 109 Å². The molecule has 3 nitrogen and oxygen atoms in total. The fourth-order valence-corrected chi connectivity index (χ4v) is 2.14. The largest absolute Gasteiger partial charge is 0.494 e. The number of ether oxygens (including phenoxy) is 1. The monoisotopic (exact) mass is 250 g/mol. The fourth-order valence-electron chi connectivity index (χ4n) is 2.14. The van der Waals surface area contributed by atoms with Crippen molar-refractivity contribution in [3.63, 3.8) is 0 Å². The zero-order valence-electron chi connectivity index (χ0n) is 11.4. The highest BCUT2D eigenvalue weighted by molar-refractivity contribution is 5.75. The van der Waals surface area contributed by atoms with Gasteiger partial charge in [0.2, 0.25) is 0 Å². The molecule has 0 fully saturated rings. The van der Waals surface area contributed by atoms with Gasteiger partial charge in [0.1, 0.15) is 5.75 Å². The first kappa shape index (κ1) is 14.6. The van der Waals surface area contributed by atoms with Crippen LogP contribution in [0.4, 0.5) is 0 Å². The molecule has 0 aliphatic carbocycles. The predicted octanol–water partition coefficient (Wildman–Crippen LogP) is 3.52. The Balaban J connectivity index is 2.84. The van der Waals surface area contributed by atoms with Crippen molar-refractivity contribution >= 4 is 5.97 Å². The van der Waals surface area contributed by atoms with Gasteiger partial charge in [-0.15, -0.1) is 0 Å². The minimum absolute atomic E-state index is 0.571. The molecule has 0 unspecified atom stereocenters. The zero-order chi connectivity index (χ0) is 13.6. The van der Waals surface area contributed by atoms with E-state index < -0.39 is 11.4 Å². The van der Waals surface area contributed by atoms with E-state index in [9.17, 15) is 9.90 Å². The number of rotatable bonds is 7. The first-order valence-corrected chi connectivity index (χ1v) is 6.53. The van der Waals surface area contributed by atoms with E-state index in [1.807, 2.05) is 45.0 Å². The Kier molecular flexibility index (Phi) is 5.20. The molecule has 0 aliphatic rings. The number of benzene rings is 1. The van der Waals surface area contributed by atoms with E-state index in [0.29, 0.717) is 25.9 Å². The quantitative estimate of drug-likeness (QED) is 0.805. The Morgan fingerprint density at radius 2 is 1.72 bits per heavy atom. The Bertz CT molecular complexity index is 377. The Morgan fingerprint density at radius 1 is 1.17 bits per heavy atom. The maximum atomic E-state index is 11.4. The van der Waals surface area contributed by atoms with Gasteiger partial charge < -0.3 is 9.84 Å². The van der Waals surface area contributed by atoms with Crippen molar-refractivity contribution in [3.8, 4) is 5.75 Å². The van der Waals surface area contributed by atoms with Gasteiger partial charge in [-0.25, -0.2) is 0 Å². The molecule has 0 saturated heterocycles. The van der Waals surface area contributed by atoms with Gasteiger partial charge in [0.25, 0.3) is 0 Å². The van der Waals surface area contributed by atoms with Crippen molar-refractivity contribution in [2.24, 2.45) is 5.41 Å². The SMILES string of the molecule is CCOc1ccc(CC(CC)(CC)C(=O)O)cc1. The number of aliphatic carboxylic acids is 1. The summed E-state index contributed by atoms with van der Waals surface area (Å²) in [6, 6.07) is 7.70. The van der Waals surface area contributed by atoms with Crippen LogP contribution in [0.5, 0.6) is 5.75 Å². The molecule has 0 spiro atoms. The summed E-state index contributed by atoms with van der Waals surface area (Å²) in [5, 5.41) is 9.40. The van der Waals surface area contributed by atoms with E-state index in [-0.39, 0.29) is 0 Å². The molecule has 0 aromatic heterocycles. The highest BCUT2D eigenvalue weighted by atomic mass is 16.5. The number of hydrogen-bond donors (Lipinski definition) is 1. The molecule has 1 N–H and O–H groups in total. The summed E-state index contributed by atoms with van der Waals surface area (Å²) in [7, 11) is 0. The van der Waals surface area contributed by atoms with Crippen LogP contribution in [0.1, 0.15) is 39.2 Å². The van der Waals surface area contributed by atoms with Crippen LogP contribution in [0.15, 0.2) is 24.3 Å². The molecule has 1 aromatic carbocycles. The average molecular weight is 250 g/mol. The van der Waals surface area contributed by atoms with Crippen molar-refractivity contribution in [2.75, 3.05) is 6.61 Å². The van der Waals surface area contributed by atoms with Crippen LogP contribution in [-0.2, 0) is 11.2 Å². The lowest BCUT2D eigenvalue weighted by Crippen LogP contribution is -2.32. The smallest absolute Gasteiger partial charge is 0.309 e. The molecule has 0 aliphatic heterocycles. The van der Waals surface area contributed by atoms with E-state index in [2.05, 4.69) is 0 Å². The average Bonchev–Trinajstić information content (AvgIpc) is 2.38. The minimum Gasteiger partial charge on any atom is -0.494 e. The van der Waals surface area contributed by atoms with E-state index in [0.717, 1.165) is 11.3 Å². The zero-order valence-corrected chi connectivity index (χ0v) is 11.4. The van der Waals surface area contributed by atoms with Crippen LogP contribution in [0.2, 0.25) is 0 Å². The third-order valence-electron chi connectivity index (χ3n) is 3.58. The van der Waals surface area contributed by atoms with E-state index in [4.69, 9.17) is 4.74 Å². The van der Waals surface area contributed by atoms with Gasteiger partial charge in [0.15, 0.2) is 0 Å². The minimum atomic E-state index is -0.707. The molecule has 0 heterocycles. The molecule has 100 valence electrons. The first-order chi connectivity index (χ1) is 8.57. The summed E-state index contributed by atoms with van der Waals surface area (Å²) in [5.74, 6) is 0.122. The number of hydrogen-bond acceptors (Lipinski definition) is 2. The van der Waals surface area contributed by atoms with Crippen LogP contribution in [0, 0.1) is 5.41 Å². The molecule has 0 bridgehead atoms. The lowest BCUT2D eigenvalue weighted by atomic mass is 9.77. The highest BCUT2D eigenvalue weighted by Crippen LogP contribution is 2.31. The van der Waals surface area contributed by atoms with Crippen molar-refractivity contribution in [1.82, 2.24) is 0 Å². The van der Waals surface area contributed by atoms with Crippen LogP contribution < -0.4 is 4.74 Å². The molecule has 18 heavy (non-hydrogen) atoms. The summed E-state index contributed by atoms with van der Waals surface area (Å²) in [6.45, 7) is 6.46. The molecule has 0 atom stereocenters. The normalized spacial score (nSPS) is 11.3. The van der Waals surface area contributed by atoms with Crippen molar-refractivity contribution < 1.29 is 14.6 Å². The summed E-state index contributed by atoms with van der Waals surface area (Å²) < 4.78 is 5.37. The first-order valence-electron chi connectivity index (χ1n) is 6.53. The van der Waals surface area contributed by atoms with E-state index in [1.165, 1.54) is 0 Å². The van der Waals surface area contributed by atoms with E-state index in [1.54, 1.807) is 0 Å². The highest BCUT2D eigenvalue weighted by Gasteiger charge is 2.34. The third kappa shape index (κ3) is 3.25. The van der Waals surface area contributed by atoms with Gasteiger partial charge in [0.05, 0.1) is 12.0 Å². The molecule has 1 rings (SSSR count). The van der Waals surface area contributed by atoms with Gasteiger partial charge in [-0.1, -0.05) is 26.0 Å². The molecule has 3 heteroatoms. The maximum Gasteiger partial charge on any atom is 0.309 e. The second kappa shape index (κ2) is 6.43. The molecule has 0 amide bonds. The molecular formula is C15H22O3. The van der Waals surface area contributed by atoms with E-state index >= 15 is 0 Å². The second-order valence-electron chi connectivity index (χ2n) is 4.55. The molecule has 0 saturated carbocycles. The number of carbonyl (C=O) groups is 1. The Morgan fingerprint density at radius 3 is 2.11 bits per heavy atom. The second-order valence-corrected chi connectivity index (χ2v) is 4.55. The molecular weight excluding hydrogens is 228 g/mol. The fraction of sp³-hybridized carbons (Fsp3) is 0.533. The van der Waals surface area contributed by atoms with Crippen LogP contribution >= 0.6 is 0 Å². The number of carboxylic acid groups (broad SMARTS) is 1. The van der Waals surface area contributed by atoms with Crippen LogP contribution in [0.3, 0.4) is 0 Å². The van der Waals surface area contributed by atoms with Gasteiger partial charge in [-0.2, -0.15) is 0 Å². The lowest BCUT2D eigenvalue weighted by molar-refractivity contribution is -0.149. The summed E-state index contributed by atoms with van der Waals surface area (Å²) in [4.78, 5) is 11.4. The topological polar surface area (TPSA) is 46.5 Å². The van der Waals surface area contributed by atoms with Crippen LogP contribution in [0.25, 0.3) is 0 Å². The van der Waals surface area contributed by atoms with Crippen LogP contribution in [-0.4, -0.2) is 17.7 Å². The van der Waals surface area contributed by atoms with Gasteiger partial charge in [0, 0.05) is 0 Å². The molecule has 0 radical (unpaired) electrons. The van der Waals surface area contributed by atoms with Gasteiger partial charge in [-0.05, 0) is 43.9 Å². The Hall–Kier alpha value is -1.51. The van der Waals surface area contributed by atoms with Crippen molar-refractivity contribution in [2.45, 2.75) is 40.0 Å². The lowest BCUT2D eigenvalue weighted by Gasteiger charge is -2.26. The van der Waals surface area contributed by atoms with Crippen molar-refractivity contribution in [3.05, 3.63) is 29.8 Å². The van der Waals surface area contributed by atoms with Gasteiger partial charge in [-0.3, -0.25) is 4.79 Å². The predicted molar refractivity (Wildman–Crippen MR) is 72.0 cm³/mol. The van der Waals surface area contributed by atoms with Gasteiger partial charge >= 0.3 is 5.97 Å². The summed E-state index contributed by atoms with van der Waals surface area (Å²) in [6.07, 6.45) is 1.86. The third-order valence-corrected chi connectivity index (χ3v) is 3.58. The maximum absolute atomic E-state index is 11.4. The standard InChI is InChI=1S/C15H22O3/c1-4-15(5-2,14(16)17)11-12-7-9-13(10-8-12)18-6-3/h7-10H,4-6,11H2,1-3H3,(H,16,17).